The van der Waals surface area contributed by atoms with Gasteiger partial charge < -0.3 is 20.3 Å². The summed E-state index contributed by atoms with van der Waals surface area (Å²) in [4.78, 5) is 24.3. The second kappa shape index (κ2) is 9.11. The van der Waals surface area contributed by atoms with E-state index < -0.39 is 0 Å². The summed E-state index contributed by atoms with van der Waals surface area (Å²) in [6, 6.07) is 4.95. The Bertz CT molecular complexity index is 871. The van der Waals surface area contributed by atoms with E-state index >= 15 is 0 Å². The van der Waals surface area contributed by atoms with Crippen molar-refractivity contribution >= 4 is 11.7 Å². The number of amides is 1. The van der Waals surface area contributed by atoms with Gasteiger partial charge in [0.1, 0.15) is 11.5 Å². The number of aromatic nitrogens is 3. The van der Waals surface area contributed by atoms with Crippen LogP contribution in [0.1, 0.15) is 28.5 Å². The summed E-state index contributed by atoms with van der Waals surface area (Å²) in [5, 5.41) is 4.35. The molecule has 2 aliphatic heterocycles. The molecule has 0 radical (unpaired) electrons. The zero-order valence-corrected chi connectivity index (χ0v) is 17.8. The van der Waals surface area contributed by atoms with Gasteiger partial charge in [0.2, 0.25) is 0 Å². The SMILES string of the molecule is CN1CCCN(C[C@@H]2OCCN(C(=O)c3cccc(N)n3)[C@H]2c2cnn(C)c2)CC1. The van der Waals surface area contributed by atoms with Crippen molar-refractivity contribution in [2.24, 2.45) is 7.05 Å². The van der Waals surface area contributed by atoms with Gasteiger partial charge in [0.25, 0.3) is 5.91 Å². The molecule has 0 bridgehead atoms. The highest BCUT2D eigenvalue weighted by Crippen LogP contribution is 2.31. The lowest BCUT2D eigenvalue weighted by molar-refractivity contribution is -0.0725. The Morgan fingerprint density at radius 2 is 2.07 bits per heavy atom. The van der Waals surface area contributed by atoms with Gasteiger partial charge in [-0.1, -0.05) is 6.07 Å². The average Bonchev–Trinajstić information content (AvgIpc) is 3.06. The maximum absolute atomic E-state index is 13.4. The van der Waals surface area contributed by atoms with E-state index in [1.54, 1.807) is 22.9 Å². The smallest absolute Gasteiger partial charge is 0.273 e. The molecule has 0 saturated carbocycles. The molecule has 0 aliphatic carbocycles. The molecular weight excluding hydrogens is 382 g/mol. The summed E-state index contributed by atoms with van der Waals surface area (Å²) < 4.78 is 8.00. The van der Waals surface area contributed by atoms with E-state index in [2.05, 4.69) is 26.9 Å². The van der Waals surface area contributed by atoms with Crippen LogP contribution in [0.4, 0.5) is 5.82 Å². The Labute approximate surface area is 177 Å². The Morgan fingerprint density at radius 3 is 2.83 bits per heavy atom. The molecule has 4 heterocycles. The molecule has 0 spiro atoms. The number of morpholine rings is 1. The van der Waals surface area contributed by atoms with Crippen LogP contribution in [0.25, 0.3) is 0 Å². The van der Waals surface area contributed by atoms with Crippen molar-refractivity contribution < 1.29 is 9.53 Å². The topological polar surface area (TPSA) is 92.8 Å². The first-order chi connectivity index (χ1) is 14.5. The number of aryl methyl sites for hydroxylation is 1. The van der Waals surface area contributed by atoms with E-state index in [0.29, 0.717) is 24.7 Å². The molecule has 2 aromatic rings. The molecule has 9 nitrogen and oxygen atoms in total. The van der Waals surface area contributed by atoms with Crippen molar-refractivity contribution in [3.63, 3.8) is 0 Å². The van der Waals surface area contributed by atoms with Crippen LogP contribution in [0, 0.1) is 0 Å². The van der Waals surface area contributed by atoms with Gasteiger partial charge in [0.05, 0.1) is 24.9 Å². The molecule has 2 saturated heterocycles. The zero-order chi connectivity index (χ0) is 21.1. The van der Waals surface area contributed by atoms with Gasteiger partial charge in [-0.15, -0.1) is 0 Å². The number of pyridine rings is 1. The minimum absolute atomic E-state index is 0.125. The molecule has 2 aromatic heterocycles. The Kier molecular flexibility index (Phi) is 6.31. The molecule has 4 rings (SSSR count). The summed E-state index contributed by atoms with van der Waals surface area (Å²) in [7, 11) is 4.05. The van der Waals surface area contributed by atoms with E-state index in [1.165, 1.54) is 0 Å². The van der Waals surface area contributed by atoms with E-state index in [4.69, 9.17) is 10.5 Å². The van der Waals surface area contributed by atoms with Gasteiger partial charge in [-0.3, -0.25) is 14.4 Å². The van der Waals surface area contributed by atoms with E-state index in [1.807, 2.05) is 24.3 Å². The normalized spacial score (nSPS) is 24.0. The van der Waals surface area contributed by atoms with Crippen molar-refractivity contribution in [3.05, 3.63) is 41.9 Å². The van der Waals surface area contributed by atoms with Crippen LogP contribution in [0.2, 0.25) is 0 Å². The fourth-order valence-electron chi connectivity index (χ4n) is 4.36. The Morgan fingerprint density at radius 1 is 1.20 bits per heavy atom. The number of hydrogen-bond donors (Lipinski definition) is 1. The van der Waals surface area contributed by atoms with Crippen molar-refractivity contribution in [2.45, 2.75) is 18.6 Å². The quantitative estimate of drug-likeness (QED) is 0.785. The highest BCUT2D eigenvalue weighted by atomic mass is 16.5. The molecule has 2 fully saturated rings. The number of carbonyl (C=O) groups excluding carboxylic acids is 1. The minimum Gasteiger partial charge on any atom is -0.384 e. The van der Waals surface area contributed by atoms with E-state index in [9.17, 15) is 4.79 Å². The van der Waals surface area contributed by atoms with Gasteiger partial charge in [0.15, 0.2) is 0 Å². The van der Waals surface area contributed by atoms with Gasteiger partial charge >= 0.3 is 0 Å². The Hall–Kier alpha value is -2.49. The van der Waals surface area contributed by atoms with Crippen LogP contribution in [0.3, 0.4) is 0 Å². The second-order valence-corrected chi connectivity index (χ2v) is 8.21. The maximum atomic E-state index is 13.4. The minimum atomic E-state index is -0.218. The van der Waals surface area contributed by atoms with Gasteiger partial charge in [-0.25, -0.2) is 4.98 Å². The molecule has 1 amide bonds. The molecule has 0 unspecified atom stereocenters. The predicted molar refractivity (Wildman–Crippen MR) is 114 cm³/mol. The molecule has 2 atom stereocenters. The van der Waals surface area contributed by atoms with E-state index in [-0.39, 0.29) is 18.1 Å². The molecule has 0 aromatic carbocycles. The molecule has 2 aliphatic rings. The highest BCUT2D eigenvalue weighted by Gasteiger charge is 2.39. The van der Waals surface area contributed by atoms with Crippen molar-refractivity contribution in [3.8, 4) is 0 Å². The number of nitrogen functional groups attached to an aromatic ring is 1. The first kappa shape index (κ1) is 20.8. The Balaban J connectivity index is 1.60. The number of nitrogens with zero attached hydrogens (tertiary/aromatic N) is 6. The largest absolute Gasteiger partial charge is 0.384 e. The summed E-state index contributed by atoms with van der Waals surface area (Å²) in [5.74, 6) is 0.220. The summed E-state index contributed by atoms with van der Waals surface area (Å²) in [5.41, 5.74) is 7.16. The average molecular weight is 414 g/mol. The fourth-order valence-corrected chi connectivity index (χ4v) is 4.36. The monoisotopic (exact) mass is 413 g/mol. The standard InChI is InChI=1S/C21H31N7O2/c1-25-7-4-8-27(10-9-25)15-18-20(16-13-23-26(2)14-16)28(11-12-30-18)21(29)17-5-3-6-19(22)24-17/h3,5-6,13-14,18,20H,4,7-12,15H2,1-2H3,(H2,22,24)/t18-,20-/m0/s1. The van der Waals surface area contributed by atoms with Crippen LogP contribution in [0.5, 0.6) is 0 Å². The first-order valence-corrected chi connectivity index (χ1v) is 10.6. The van der Waals surface area contributed by atoms with Crippen LogP contribution in [-0.2, 0) is 11.8 Å². The van der Waals surface area contributed by atoms with Crippen LogP contribution >= 0.6 is 0 Å². The number of likely N-dealkylation sites (N-methyl/N-ethyl adjacent to an activating group) is 1. The van der Waals surface area contributed by atoms with E-state index in [0.717, 1.165) is 44.7 Å². The highest BCUT2D eigenvalue weighted by molar-refractivity contribution is 5.93. The summed E-state index contributed by atoms with van der Waals surface area (Å²) >= 11 is 0. The second-order valence-electron chi connectivity index (χ2n) is 8.21. The van der Waals surface area contributed by atoms with Crippen molar-refractivity contribution in [1.29, 1.82) is 0 Å². The zero-order valence-electron chi connectivity index (χ0n) is 17.8. The van der Waals surface area contributed by atoms with Crippen LogP contribution < -0.4 is 5.73 Å². The predicted octanol–water partition coefficient (Wildman–Crippen LogP) is 0.617. The molecule has 162 valence electrons. The molecule has 2 N–H and O–H groups in total. The number of carbonyl (C=O) groups is 1. The first-order valence-electron chi connectivity index (χ1n) is 10.6. The van der Waals surface area contributed by atoms with Crippen molar-refractivity contribution in [2.75, 3.05) is 58.7 Å². The molecule has 9 heteroatoms. The molecule has 30 heavy (non-hydrogen) atoms. The third-order valence-electron chi connectivity index (χ3n) is 5.92. The number of nitrogens with two attached hydrogens (primary N) is 1. The number of hydrogen-bond acceptors (Lipinski definition) is 7. The van der Waals surface area contributed by atoms with Crippen LogP contribution in [0.15, 0.2) is 30.6 Å². The van der Waals surface area contributed by atoms with Gasteiger partial charge in [0, 0.05) is 45.0 Å². The maximum Gasteiger partial charge on any atom is 0.273 e. The number of rotatable bonds is 4. The van der Waals surface area contributed by atoms with Crippen molar-refractivity contribution in [1.82, 2.24) is 29.5 Å². The third-order valence-corrected chi connectivity index (χ3v) is 5.92. The lowest BCUT2D eigenvalue weighted by atomic mass is 9.99. The fraction of sp³-hybridized carbons (Fsp3) is 0.571. The van der Waals surface area contributed by atoms with Gasteiger partial charge in [-0.2, -0.15) is 5.10 Å². The molecular formula is C21H31N7O2. The number of anilines is 1. The van der Waals surface area contributed by atoms with Crippen LogP contribution in [-0.4, -0.2) is 94.4 Å². The summed E-state index contributed by atoms with van der Waals surface area (Å²) in [6.45, 7) is 5.98. The summed E-state index contributed by atoms with van der Waals surface area (Å²) in [6.07, 6.45) is 4.80. The third kappa shape index (κ3) is 4.63. The van der Waals surface area contributed by atoms with Gasteiger partial charge in [-0.05, 0) is 38.7 Å². The lowest BCUT2D eigenvalue weighted by Crippen LogP contribution is -2.52. The number of ether oxygens (including phenoxy) is 1. The lowest BCUT2D eigenvalue weighted by Gasteiger charge is -2.42.